The lowest BCUT2D eigenvalue weighted by Gasteiger charge is -2.26. The third-order valence-corrected chi connectivity index (χ3v) is 7.72. The predicted molar refractivity (Wildman–Crippen MR) is 122 cm³/mol. The van der Waals surface area contributed by atoms with Crippen LogP contribution in [0.4, 0.5) is 0 Å². The van der Waals surface area contributed by atoms with E-state index in [1.54, 1.807) is 23.1 Å². The average molecular weight is 429 g/mol. The van der Waals surface area contributed by atoms with E-state index in [1.165, 1.54) is 16.0 Å². The Hall–Kier alpha value is -1.63. The van der Waals surface area contributed by atoms with Crippen LogP contribution in [-0.4, -0.2) is 21.4 Å². The number of rotatable bonds is 7. The molecule has 0 amide bonds. The lowest BCUT2D eigenvalue weighted by atomic mass is 9.96. The topological polar surface area (TPSA) is 44.1 Å². The summed E-state index contributed by atoms with van der Waals surface area (Å²) in [6, 6.07) is 10.4. The maximum Gasteiger partial charge on any atom is 0.263 e. The van der Waals surface area contributed by atoms with E-state index in [1.807, 2.05) is 22.8 Å². The van der Waals surface area contributed by atoms with Gasteiger partial charge in [0.25, 0.3) is 5.56 Å². The van der Waals surface area contributed by atoms with Gasteiger partial charge in [0.15, 0.2) is 5.16 Å². The molecule has 6 heteroatoms. The molecular weight excluding hydrogens is 400 g/mol. The third kappa shape index (κ3) is 4.30. The first-order chi connectivity index (χ1) is 14.1. The highest BCUT2D eigenvalue weighted by Gasteiger charge is 2.28. The van der Waals surface area contributed by atoms with Crippen LogP contribution < -0.4 is 5.56 Å². The van der Waals surface area contributed by atoms with E-state index >= 15 is 0 Å². The molecule has 0 bridgehead atoms. The normalized spacial score (nSPS) is 16.5. The lowest BCUT2D eigenvalue weighted by Crippen LogP contribution is -2.29. The Labute approximate surface area is 180 Å². The van der Waals surface area contributed by atoms with Crippen molar-refractivity contribution < 1.29 is 4.74 Å². The van der Waals surface area contributed by atoms with E-state index in [-0.39, 0.29) is 11.7 Å². The third-order valence-electron chi connectivity index (χ3n) is 5.44. The number of aromatic nitrogens is 2. The number of thiophene rings is 1. The molecule has 1 atom stereocenters. The van der Waals surface area contributed by atoms with Crippen LogP contribution in [0.1, 0.15) is 43.2 Å². The van der Waals surface area contributed by atoms with Crippen molar-refractivity contribution in [1.82, 2.24) is 9.55 Å². The molecule has 4 nitrogen and oxygen atoms in total. The Balaban J connectivity index is 1.76. The Morgan fingerprint density at radius 3 is 2.83 bits per heavy atom. The van der Waals surface area contributed by atoms with Crippen LogP contribution in [0, 0.1) is 5.92 Å². The van der Waals surface area contributed by atoms with Gasteiger partial charge in [0.05, 0.1) is 18.1 Å². The largest absolute Gasteiger partial charge is 0.372 e. The van der Waals surface area contributed by atoms with Crippen LogP contribution >= 0.6 is 23.1 Å². The zero-order valence-electron chi connectivity index (χ0n) is 17.3. The molecule has 1 aliphatic rings. The van der Waals surface area contributed by atoms with Crippen molar-refractivity contribution in [3.63, 3.8) is 0 Å². The zero-order chi connectivity index (χ0) is 20.4. The first-order valence-electron chi connectivity index (χ1n) is 10.4. The van der Waals surface area contributed by atoms with Crippen LogP contribution in [0.2, 0.25) is 0 Å². The quantitative estimate of drug-likeness (QED) is 0.378. The monoisotopic (exact) mass is 428 g/mol. The van der Waals surface area contributed by atoms with Gasteiger partial charge in [0.1, 0.15) is 4.83 Å². The van der Waals surface area contributed by atoms with Gasteiger partial charge in [0.2, 0.25) is 0 Å². The van der Waals surface area contributed by atoms with Gasteiger partial charge in [-0.05, 0) is 29.9 Å². The summed E-state index contributed by atoms with van der Waals surface area (Å²) < 4.78 is 7.94. The molecule has 2 aromatic heterocycles. The maximum absolute atomic E-state index is 13.6. The van der Waals surface area contributed by atoms with Crippen molar-refractivity contribution in [3.8, 4) is 0 Å². The van der Waals surface area contributed by atoms with E-state index in [0.29, 0.717) is 19.1 Å². The van der Waals surface area contributed by atoms with E-state index in [4.69, 9.17) is 9.72 Å². The van der Waals surface area contributed by atoms with Gasteiger partial charge < -0.3 is 4.74 Å². The molecule has 0 saturated carbocycles. The zero-order valence-corrected chi connectivity index (χ0v) is 18.9. The van der Waals surface area contributed by atoms with Crippen molar-refractivity contribution in [1.29, 1.82) is 0 Å². The molecule has 0 fully saturated rings. The second-order valence-electron chi connectivity index (χ2n) is 7.92. The smallest absolute Gasteiger partial charge is 0.263 e. The van der Waals surface area contributed by atoms with Crippen LogP contribution in [0.25, 0.3) is 10.2 Å². The molecule has 0 N–H and O–H groups in total. The molecule has 1 aromatic carbocycles. The number of nitrogens with zero attached hydrogens (tertiary/aromatic N) is 2. The summed E-state index contributed by atoms with van der Waals surface area (Å²) in [6.45, 7) is 7.78. The molecule has 1 aliphatic heterocycles. The number of ether oxygens (including phenoxy) is 1. The van der Waals surface area contributed by atoms with Crippen molar-refractivity contribution >= 4 is 33.3 Å². The van der Waals surface area contributed by atoms with Crippen molar-refractivity contribution in [3.05, 3.63) is 56.7 Å². The fourth-order valence-electron chi connectivity index (χ4n) is 3.76. The molecule has 0 radical (unpaired) electrons. The minimum atomic E-state index is 0.117. The molecule has 29 heavy (non-hydrogen) atoms. The van der Waals surface area contributed by atoms with Gasteiger partial charge in [0, 0.05) is 23.6 Å². The number of hydrogen-bond acceptors (Lipinski definition) is 5. The Morgan fingerprint density at radius 2 is 2.10 bits per heavy atom. The maximum atomic E-state index is 13.6. The summed E-state index contributed by atoms with van der Waals surface area (Å²) in [6.07, 6.45) is 2.87. The first-order valence-corrected chi connectivity index (χ1v) is 12.2. The fourth-order valence-corrected chi connectivity index (χ4v) is 5.80. The molecule has 3 aromatic rings. The van der Waals surface area contributed by atoms with Gasteiger partial charge in [-0.25, -0.2) is 4.98 Å². The highest BCUT2D eigenvalue weighted by atomic mass is 32.2. The second kappa shape index (κ2) is 9.02. The van der Waals surface area contributed by atoms with Crippen LogP contribution in [0.15, 0.2) is 40.3 Å². The highest BCUT2D eigenvalue weighted by Crippen LogP contribution is 2.36. The summed E-state index contributed by atoms with van der Waals surface area (Å²) in [7, 11) is 0. The predicted octanol–water partition coefficient (Wildman–Crippen LogP) is 5.30. The summed E-state index contributed by atoms with van der Waals surface area (Å²) in [5.74, 6) is 1.40. The van der Waals surface area contributed by atoms with Crippen molar-refractivity contribution in [2.24, 2.45) is 5.92 Å². The lowest BCUT2D eigenvalue weighted by molar-refractivity contribution is 0.00200. The fraction of sp³-hybridized carbons (Fsp3) is 0.478. The van der Waals surface area contributed by atoms with E-state index in [9.17, 15) is 4.79 Å². The standard InChI is InChI=1S/C23H28N2O2S2/c1-4-12-28-23-24-21-20(17-13-18(15(2)3)27-14-19(17)29-21)22(26)25(23)11-10-16-8-6-5-7-9-16/h5-9,15,18H,4,10-14H2,1-3H3/t18-/m1/s1. The van der Waals surface area contributed by atoms with Crippen LogP contribution in [-0.2, 0) is 30.7 Å². The second-order valence-corrected chi connectivity index (χ2v) is 10.1. The van der Waals surface area contributed by atoms with Crippen molar-refractivity contribution in [2.75, 3.05) is 5.75 Å². The number of benzene rings is 1. The number of hydrogen-bond donors (Lipinski definition) is 0. The molecule has 0 unspecified atom stereocenters. The summed E-state index contributed by atoms with van der Waals surface area (Å²) in [5.41, 5.74) is 2.53. The van der Waals surface area contributed by atoms with Gasteiger partial charge in [-0.2, -0.15) is 0 Å². The highest BCUT2D eigenvalue weighted by molar-refractivity contribution is 7.99. The van der Waals surface area contributed by atoms with Gasteiger partial charge in [-0.3, -0.25) is 9.36 Å². The average Bonchev–Trinajstić information content (AvgIpc) is 3.10. The number of fused-ring (bicyclic) bond motifs is 3. The number of thioether (sulfide) groups is 1. The summed E-state index contributed by atoms with van der Waals surface area (Å²) in [5, 5.41) is 1.67. The first kappa shape index (κ1) is 20.6. The SMILES string of the molecule is CCCSc1nc2sc3c(c2c(=O)n1CCc1ccccc1)C[C@H](C(C)C)OC3. The molecule has 0 aliphatic carbocycles. The summed E-state index contributed by atoms with van der Waals surface area (Å²) >= 11 is 3.33. The molecule has 154 valence electrons. The Morgan fingerprint density at radius 1 is 1.31 bits per heavy atom. The molecule has 0 spiro atoms. The summed E-state index contributed by atoms with van der Waals surface area (Å²) in [4.78, 5) is 20.6. The van der Waals surface area contributed by atoms with E-state index < -0.39 is 0 Å². The van der Waals surface area contributed by atoms with Gasteiger partial charge in [-0.1, -0.05) is 62.9 Å². The van der Waals surface area contributed by atoms with Crippen molar-refractivity contribution in [2.45, 2.75) is 64.4 Å². The molecular formula is C23H28N2O2S2. The Bertz CT molecular complexity index is 1040. The van der Waals surface area contributed by atoms with E-state index in [2.05, 4.69) is 32.9 Å². The number of aryl methyl sites for hydroxylation is 1. The van der Waals surface area contributed by atoms with Crippen LogP contribution in [0.5, 0.6) is 0 Å². The van der Waals surface area contributed by atoms with Gasteiger partial charge in [-0.15, -0.1) is 11.3 Å². The van der Waals surface area contributed by atoms with Crippen LogP contribution in [0.3, 0.4) is 0 Å². The molecule has 0 saturated heterocycles. The molecule has 3 heterocycles. The minimum Gasteiger partial charge on any atom is -0.372 e. The minimum absolute atomic E-state index is 0.117. The molecule has 4 rings (SSSR count). The van der Waals surface area contributed by atoms with E-state index in [0.717, 1.165) is 40.4 Å². The van der Waals surface area contributed by atoms with Gasteiger partial charge >= 0.3 is 0 Å². The Kier molecular flexibility index (Phi) is 6.42.